The van der Waals surface area contributed by atoms with Gasteiger partial charge in [0.05, 0.1) is 0 Å². The molecular weight excluding hydrogens is 222 g/mol. The second-order valence-electron chi connectivity index (χ2n) is 4.55. The van der Waals surface area contributed by atoms with Crippen LogP contribution >= 0.6 is 0 Å². The van der Waals surface area contributed by atoms with Crippen LogP contribution in [-0.2, 0) is 4.79 Å². The maximum absolute atomic E-state index is 11.7. The second-order valence-corrected chi connectivity index (χ2v) is 4.55. The molecule has 0 atom stereocenters. The largest absolute Gasteiger partial charge is 0.480 e. The summed E-state index contributed by atoms with van der Waals surface area (Å²) in [5.41, 5.74) is -1.21. The highest BCUT2D eigenvalue weighted by Gasteiger charge is 2.34. The number of amides is 2. The molecule has 0 aliphatic rings. The zero-order chi connectivity index (χ0) is 13.6. The number of hydrogen-bond donors (Lipinski definition) is 2. The Morgan fingerprint density at radius 3 is 2.24 bits per heavy atom. The van der Waals surface area contributed by atoms with Crippen LogP contribution in [0.1, 0.15) is 20.8 Å². The Balaban J connectivity index is 4.20. The number of carbonyl (C=O) groups excluding carboxylic acids is 1. The molecule has 2 amide bonds. The van der Waals surface area contributed by atoms with Crippen molar-refractivity contribution in [1.29, 1.82) is 0 Å². The molecule has 0 spiro atoms. The third kappa shape index (κ3) is 4.60. The molecule has 2 N–H and O–H groups in total. The fraction of sp³-hybridized carbons (Fsp3) is 0.818. The molecule has 6 heteroatoms. The topological polar surface area (TPSA) is 72.9 Å². The molecule has 0 aromatic heterocycles. The number of carboxylic acid groups (broad SMARTS) is 1. The van der Waals surface area contributed by atoms with Gasteiger partial charge >= 0.3 is 12.0 Å². The first-order valence-electron chi connectivity index (χ1n) is 5.67. The smallest absolute Gasteiger partial charge is 0.329 e. The Labute approximate surface area is 103 Å². The highest BCUT2D eigenvalue weighted by molar-refractivity contribution is 5.85. The summed E-state index contributed by atoms with van der Waals surface area (Å²) in [5.74, 6) is -1.03. The van der Waals surface area contributed by atoms with Gasteiger partial charge in [-0.2, -0.15) is 0 Å². The van der Waals surface area contributed by atoms with Gasteiger partial charge in [0.25, 0.3) is 0 Å². The lowest BCUT2D eigenvalue weighted by molar-refractivity contribution is -0.146. The highest BCUT2D eigenvalue weighted by atomic mass is 16.4. The number of nitrogens with one attached hydrogen (secondary N) is 1. The van der Waals surface area contributed by atoms with Crippen molar-refractivity contribution in [2.45, 2.75) is 26.3 Å². The number of carboxylic acids is 1. The van der Waals surface area contributed by atoms with E-state index in [1.807, 2.05) is 14.0 Å². The predicted molar refractivity (Wildman–Crippen MR) is 66.0 cm³/mol. The molecule has 0 aromatic rings. The molecule has 0 rings (SSSR count). The van der Waals surface area contributed by atoms with Gasteiger partial charge in [0.15, 0.2) is 0 Å². The SMILES string of the molecule is CCN(C)CCNC(=O)N(C)C(C)(C)C(=O)O. The minimum Gasteiger partial charge on any atom is -0.480 e. The van der Waals surface area contributed by atoms with E-state index in [9.17, 15) is 9.59 Å². The molecule has 100 valence electrons. The molecular formula is C11H23N3O3. The van der Waals surface area contributed by atoms with Gasteiger partial charge in [0.1, 0.15) is 5.54 Å². The summed E-state index contributed by atoms with van der Waals surface area (Å²) in [6, 6.07) is -0.373. The van der Waals surface area contributed by atoms with Crippen molar-refractivity contribution in [3.8, 4) is 0 Å². The Bertz CT molecular complexity index is 279. The molecule has 0 aliphatic carbocycles. The van der Waals surface area contributed by atoms with Crippen molar-refractivity contribution in [2.75, 3.05) is 33.7 Å². The fourth-order valence-corrected chi connectivity index (χ4v) is 1.03. The van der Waals surface area contributed by atoms with E-state index < -0.39 is 11.5 Å². The Morgan fingerprint density at radius 2 is 1.82 bits per heavy atom. The third-order valence-electron chi connectivity index (χ3n) is 2.98. The minimum absolute atomic E-state index is 0.373. The summed E-state index contributed by atoms with van der Waals surface area (Å²) in [6.07, 6.45) is 0. The number of urea groups is 1. The number of aliphatic carboxylic acids is 1. The molecule has 0 unspecified atom stereocenters. The first-order valence-corrected chi connectivity index (χ1v) is 5.67. The molecule has 0 heterocycles. The lowest BCUT2D eigenvalue weighted by atomic mass is 10.1. The molecule has 0 aromatic carbocycles. The Kier molecular flexibility index (Phi) is 5.95. The first-order chi connectivity index (χ1) is 7.73. The van der Waals surface area contributed by atoms with Gasteiger partial charge in [-0.05, 0) is 27.4 Å². The van der Waals surface area contributed by atoms with Crippen LogP contribution in [0.15, 0.2) is 0 Å². The maximum Gasteiger partial charge on any atom is 0.329 e. The number of rotatable bonds is 6. The quantitative estimate of drug-likeness (QED) is 0.712. The van der Waals surface area contributed by atoms with E-state index in [-0.39, 0.29) is 6.03 Å². The van der Waals surface area contributed by atoms with Crippen molar-refractivity contribution in [3.05, 3.63) is 0 Å². The number of carbonyl (C=O) groups is 2. The molecule has 0 aliphatic heterocycles. The monoisotopic (exact) mass is 245 g/mol. The van der Waals surface area contributed by atoms with Crippen LogP contribution in [0.3, 0.4) is 0 Å². The van der Waals surface area contributed by atoms with Crippen LogP contribution in [0.25, 0.3) is 0 Å². The van der Waals surface area contributed by atoms with E-state index in [2.05, 4.69) is 10.2 Å². The van der Waals surface area contributed by atoms with Gasteiger partial charge in [0, 0.05) is 20.1 Å². The van der Waals surface area contributed by atoms with E-state index in [0.717, 1.165) is 13.1 Å². The Hall–Kier alpha value is -1.30. The standard InChI is InChI=1S/C11H23N3O3/c1-6-13(4)8-7-12-10(17)14(5)11(2,3)9(15)16/h6-8H2,1-5H3,(H,12,17)(H,15,16). The first kappa shape index (κ1) is 15.7. The van der Waals surface area contributed by atoms with Crippen LogP contribution in [0.4, 0.5) is 4.79 Å². The zero-order valence-electron chi connectivity index (χ0n) is 11.3. The van der Waals surface area contributed by atoms with Crippen LogP contribution in [-0.4, -0.2) is 66.2 Å². The summed E-state index contributed by atoms with van der Waals surface area (Å²) in [6.45, 7) is 7.17. The van der Waals surface area contributed by atoms with Crippen molar-refractivity contribution in [3.63, 3.8) is 0 Å². The van der Waals surface area contributed by atoms with Crippen LogP contribution < -0.4 is 5.32 Å². The van der Waals surface area contributed by atoms with Gasteiger partial charge in [-0.15, -0.1) is 0 Å². The van der Waals surface area contributed by atoms with Gasteiger partial charge in [0.2, 0.25) is 0 Å². The molecule has 17 heavy (non-hydrogen) atoms. The summed E-state index contributed by atoms with van der Waals surface area (Å²) in [5, 5.41) is 11.7. The summed E-state index contributed by atoms with van der Waals surface area (Å²) in [4.78, 5) is 25.9. The zero-order valence-corrected chi connectivity index (χ0v) is 11.3. The lowest BCUT2D eigenvalue weighted by Crippen LogP contribution is -2.54. The van der Waals surface area contributed by atoms with Gasteiger partial charge in [-0.1, -0.05) is 6.92 Å². The average Bonchev–Trinajstić information content (AvgIpc) is 2.27. The number of likely N-dealkylation sites (N-methyl/N-ethyl adjacent to an activating group) is 2. The van der Waals surface area contributed by atoms with E-state index in [4.69, 9.17) is 5.11 Å². The summed E-state index contributed by atoms with van der Waals surface area (Å²) < 4.78 is 0. The average molecular weight is 245 g/mol. The van der Waals surface area contributed by atoms with Gasteiger partial charge in [-0.3, -0.25) is 0 Å². The molecule has 0 radical (unpaired) electrons. The molecule has 0 saturated carbocycles. The number of hydrogen-bond acceptors (Lipinski definition) is 3. The molecule has 0 fully saturated rings. The predicted octanol–water partition coefficient (Wildman–Crippen LogP) is 0.443. The van der Waals surface area contributed by atoms with Gasteiger partial charge in [-0.25, -0.2) is 9.59 Å². The fourth-order valence-electron chi connectivity index (χ4n) is 1.03. The number of nitrogens with zero attached hydrogens (tertiary/aromatic N) is 2. The highest BCUT2D eigenvalue weighted by Crippen LogP contribution is 2.11. The second kappa shape index (κ2) is 6.44. The van der Waals surface area contributed by atoms with Gasteiger partial charge < -0.3 is 20.2 Å². The molecule has 0 bridgehead atoms. The van der Waals surface area contributed by atoms with Crippen molar-refractivity contribution in [2.24, 2.45) is 0 Å². The van der Waals surface area contributed by atoms with E-state index in [0.29, 0.717) is 6.54 Å². The summed E-state index contributed by atoms with van der Waals surface area (Å²) >= 11 is 0. The minimum atomic E-state index is -1.21. The summed E-state index contributed by atoms with van der Waals surface area (Å²) in [7, 11) is 3.43. The van der Waals surface area contributed by atoms with Crippen LogP contribution in [0, 0.1) is 0 Å². The maximum atomic E-state index is 11.7. The van der Waals surface area contributed by atoms with E-state index in [1.165, 1.54) is 25.8 Å². The van der Waals surface area contributed by atoms with E-state index >= 15 is 0 Å². The Morgan fingerprint density at radius 1 is 1.29 bits per heavy atom. The lowest BCUT2D eigenvalue weighted by Gasteiger charge is -2.31. The van der Waals surface area contributed by atoms with Crippen LogP contribution in [0.5, 0.6) is 0 Å². The van der Waals surface area contributed by atoms with E-state index in [1.54, 1.807) is 0 Å². The van der Waals surface area contributed by atoms with Crippen LogP contribution in [0.2, 0.25) is 0 Å². The normalized spacial score (nSPS) is 11.4. The van der Waals surface area contributed by atoms with Crippen molar-refractivity contribution < 1.29 is 14.7 Å². The van der Waals surface area contributed by atoms with Crippen molar-refractivity contribution in [1.82, 2.24) is 15.1 Å². The molecule has 0 saturated heterocycles. The van der Waals surface area contributed by atoms with Crippen molar-refractivity contribution >= 4 is 12.0 Å². The third-order valence-corrected chi connectivity index (χ3v) is 2.98. The molecule has 6 nitrogen and oxygen atoms in total.